The normalized spacial score (nSPS) is 18.0. The molecule has 1 fully saturated rings. The van der Waals surface area contributed by atoms with Gasteiger partial charge in [-0.05, 0) is 31.0 Å². The highest BCUT2D eigenvalue weighted by molar-refractivity contribution is 5.73. The van der Waals surface area contributed by atoms with Crippen LogP contribution in [0.2, 0.25) is 0 Å². The Bertz CT molecular complexity index is 736. The van der Waals surface area contributed by atoms with Gasteiger partial charge in [0.2, 0.25) is 5.91 Å². The molecular formula is C17H17F2N3O. The molecule has 1 aromatic carbocycles. The second-order valence-corrected chi connectivity index (χ2v) is 5.72. The molecule has 0 bridgehead atoms. The summed E-state index contributed by atoms with van der Waals surface area (Å²) >= 11 is 0. The van der Waals surface area contributed by atoms with Gasteiger partial charge in [-0.3, -0.25) is 14.8 Å². The van der Waals surface area contributed by atoms with Crippen LogP contribution < -0.4 is 0 Å². The second-order valence-electron chi connectivity index (χ2n) is 5.72. The van der Waals surface area contributed by atoms with E-state index in [0.717, 1.165) is 37.2 Å². The first-order chi connectivity index (χ1) is 11.1. The van der Waals surface area contributed by atoms with E-state index in [0.29, 0.717) is 17.8 Å². The van der Waals surface area contributed by atoms with Crippen LogP contribution in [0.3, 0.4) is 0 Å². The van der Waals surface area contributed by atoms with Gasteiger partial charge in [0.25, 0.3) is 0 Å². The van der Waals surface area contributed by atoms with E-state index in [4.69, 9.17) is 0 Å². The Kier molecular flexibility index (Phi) is 4.32. The van der Waals surface area contributed by atoms with Gasteiger partial charge < -0.3 is 4.90 Å². The molecule has 23 heavy (non-hydrogen) atoms. The summed E-state index contributed by atoms with van der Waals surface area (Å²) in [6.07, 6.45) is 4.90. The number of carbonyl (C=O) groups excluding carboxylic acids is 1. The lowest BCUT2D eigenvalue weighted by Gasteiger charge is -2.32. The van der Waals surface area contributed by atoms with E-state index in [1.54, 1.807) is 18.0 Å². The fraction of sp³-hybridized carbons (Fsp3) is 0.353. The molecule has 3 rings (SSSR count). The highest BCUT2D eigenvalue weighted by Gasteiger charge is 2.26. The third-order valence-electron chi connectivity index (χ3n) is 4.17. The first-order valence-corrected chi connectivity index (χ1v) is 7.58. The van der Waals surface area contributed by atoms with Gasteiger partial charge in [-0.15, -0.1) is 0 Å². The summed E-state index contributed by atoms with van der Waals surface area (Å²) in [5, 5.41) is 0. The number of halogens is 2. The van der Waals surface area contributed by atoms with Crippen LogP contribution in [0.5, 0.6) is 0 Å². The van der Waals surface area contributed by atoms with E-state index in [9.17, 15) is 13.6 Å². The van der Waals surface area contributed by atoms with Crippen LogP contribution in [0.25, 0.3) is 11.3 Å². The summed E-state index contributed by atoms with van der Waals surface area (Å²) in [7, 11) is 0. The molecule has 1 aromatic heterocycles. The van der Waals surface area contributed by atoms with Gasteiger partial charge in [-0.1, -0.05) is 0 Å². The zero-order chi connectivity index (χ0) is 16.4. The van der Waals surface area contributed by atoms with Crippen LogP contribution >= 0.6 is 0 Å². The maximum absolute atomic E-state index is 13.5. The van der Waals surface area contributed by atoms with Crippen LogP contribution in [0.1, 0.15) is 31.4 Å². The maximum atomic E-state index is 13.5. The number of aromatic nitrogens is 2. The van der Waals surface area contributed by atoms with Gasteiger partial charge in [0.05, 0.1) is 11.4 Å². The smallest absolute Gasteiger partial charge is 0.219 e. The van der Waals surface area contributed by atoms with Crippen molar-refractivity contribution in [2.24, 2.45) is 0 Å². The first-order valence-electron chi connectivity index (χ1n) is 7.58. The second kappa shape index (κ2) is 6.40. The molecule has 0 N–H and O–H groups in total. The van der Waals surface area contributed by atoms with Gasteiger partial charge in [-0.25, -0.2) is 8.78 Å². The van der Waals surface area contributed by atoms with Crippen molar-refractivity contribution in [1.82, 2.24) is 14.9 Å². The lowest BCUT2D eigenvalue weighted by Crippen LogP contribution is -2.38. The van der Waals surface area contributed by atoms with E-state index in [1.807, 2.05) is 0 Å². The third-order valence-corrected chi connectivity index (χ3v) is 4.17. The molecule has 2 aromatic rings. The number of rotatable bonds is 2. The van der Waals surface area contributed by atoms with Crippen LogP contribution in [-0.4, -0.2) is 33.9 Å². The summed E-state index contributed by atoms with van der Waals surface area (Å²) in [5.74, 6) is -1.72. The van der Waals surface area contributed by atoms with E-state index < -0.39 is 11.6 Å². The summed E-state index contributed by atoms with van der Waals surface area (Å²) in [5.41, 5.74) is 1.76. The monoisotopic (exact) mass is 317 g/mol. The molecule has 4 nitrogen and oxygen atoms in total. The van der Waals surface area contributed by atoms with Crippen LogP contribution in [0.15, 0.2) is 30.6 Å². The van der Waals surface area contributed by atoms with Crippen LogP contribution in [0, 0.1) is 11.6 Å². The predicted molar refractivity (Wildman–Crippen MR) is 81.6 cm³/mol. The summed E-state index contributed by atoms with van der Waals surface area (Å²) in [6.45, 7) is 2.87. The van der Waals surface area contributed by atoms with Crippen molar-refractivity contribution in [3.8, 4) is 11.3 Å². The molecule has 6 heteroatoms. The molecular weight excluding hydrogens is 300 g/mol. The number of piperidine rings is 1. The fourth-order valence-corrected chi connectivity index (χ4v) is 3.00. The van der Waals surface area contributed by atoms with Crippen molar-refractivity contribution < 1.29 is 13.6 Å². The minimum atomic E-state index is -0.909. The third kappa shape index (κ3) is 3.21. The summed E-state index contributed by atoms with van der Waals surface area (Å²) in [4.78, 5) is 22.1. The van der Waals surface area contributed by atoms with Crippen LogP contribution in [-0.2, 0) is 4.79 Å². The first kappa shape index (κ1) is 15.5. The van der Waals surface area contributed by atoms with E-state index in [1.165, 1.54) is 12.3 Å². The fourth-order valence-electron chi connectivity index (χ4n) is 3.00. The molecule has 1 atom stereocenters. The zero-order valence-electron chi connectivity index (χ0n) is 12.8. The van der Waals surface area contributed by atoms with E-state index in [-0.39, 0.29) is 11.8 Å². The molecule has 0 radical (unpaired) electrons. The Labute approximate surface area is 133 Å². The van der Waals surface area contributed by atoms with Crippen molar-refractivity contribution in [3.05, 3.63) is 47.9 Å². The van der Waals surface area contributed by atoms with Gasteiger partial charge in [0, 0.05) is 43.9 Å². The van der Waals surface area contributed by atoms with Gasteiger partial charge in [0.1, 0.15) is 0 Å². The summed E-state index contributed by atoms with van der Waals surface area (Å²) < 4.78 is 26.7. The molecule has 2 heterocycles. The Morgan fingerprint density at radius 3 is 2.74 bits per heavy atom. The number of benzene rings is 1. The molecule has 1 amide bonds. The molecule has 0 aliphatic carbocycles. The van der Waals surface area contributed by atoms with Gasteiger partial charge in [-0.2, -0.15) is 0 Å². The number of nitrogens with zero attached hydrogens (tertiary/aromatic N) is 3. The number of carbonyl (C=O) groups is 1. The van der Waals surface area contributed by atoms with Gasteiger partial charge in [0.15, 0.2) is 11.6 Å². The Morgan fingerprint density at radius 1 is 1.22 bits per heavy atom. The topological polar surface area (TPSA) is 46.1 Å². The minimum Gasteiger partial charge on any atom is -0.342 e. The average Bonchev–Trinajstić information content (AvgIpc) is 2.57. The highest BCUT2D eigenvalue weighted by atomic mass is 19.2. The SMILES string of the molecule is CC(=O)N1CCCC(c2nccnc2-c2ccc(F)c(F)c2)C1. The molecule has 1 aliphatic heterocycles. The molecule has 120 valence electrons. The largest absolute Gasteiger partial charge is 0.342 e. The van der Waals surface area contributed by atoms with Crippen molar-refractivity contribution in [2.45, 2.75) is 25.7 Å². The van der Waals surface area contributed by atoms with Crippen molar-refractivity contribution in [1.29, 1.82) is 0 Å². The molecule has 0 saturated carbocycles. The minimum absolute atomic E-state index is 0.0352. The zero-order valence-corrected chi connectivity index (χ0v) is 12.8. The van der Waals surface area contributed by atoms with Crippen molar-refractivity contribution in [2.75, 3.05) is 13.1 Å². The lowest BCUT2D eigenvalue weighted by molar-refractivity contribution is -0.130. The predicted octanol–water partition coefficient (Wildman–Crippen LogP) is 3.15. The highest BCUT2D eigenvalue weighted by Crippen LogP contribution is 2.32. The molecule has 1 aliphatic rings. The number of likely N-dealkylation sites (tertiary alicyclic amines) is 1. The Balaban J connectivity index is 1.97. The van der Waals surface area contributed by atoms with E-state index in [2.05, 4.69) is 9.97 Å². The number of hydrogen-bond acceptors (Lipinski definition) is 3. The Morgan fingerprint density at radius 2 is 2.00 bits per heavy atom. The maximum Gasteiger partial charge on any atom is 0.219 e. The lowest BCUT2D eigenvalue weighted by atomic mass is 9.91. The molecule has 1 saturated heterocycles. The standard InChI is InChI=1S/C17H17F2N3O/c1-11(23)22-8-2-3-13(10-22)17-16(20-6-7-21-17)12-4-5-14(18)15(19)9-12/h4-7,9,13H,2-3,8,10H2,1H3. The average molecular weight is 317 g/mol. The van der Waals surface area contributed by atoms with Crippen LogP contribution in [0.4, 0.5) is 8.78 Å². The van der Waals surface area contributed by atoms with Gasteiger partial charge >= 0.3 is 0 Å². The summed E-state index contributed by atoms with van der Waals surface area (Å²) in [6, 6.07) is 3.72. The number of hydrogen-bond donors (Lipinski definition) is 0. The quantitative estimate of drug-likeness (QED) is 0.855. The number of amides is 1. The van der Waals surface area contributed by atoms with E-state index >= 15 is 0 Å². The Hall–Kier alpha value is -2.37. The van der Waals surface area contributed by atoms with Crippen molar-refractivity contribution >= 4 is 5.91 Å². The van der Waals surface area contributed by atoms with Crippen molar-refractivity contribution in [3.63, 3.8) is 0 Å². The molecule has 0 spiro atoms. The molecule has 1 unspecified atom stereocenters.